The predicted octanol–water partition coefficient (Wildman–Crippen LogP) is 4.81. The molecular weight excluding hydrogens is 350 g/mol. The molecule has 0 bridgehead atoms. The van der Waals surface area contributed by atoms with Crippen molar-refractivity contribution in [3.63, 3.8) is 0 Å². The van der Waals surface area contributed by atoms with Crippen LogP contribution in [0.5, 0.6) is 5.75 Å². The average molecular weight is 384 g/mol. The third-order valence-corrected chi connectivity index (χ3v) is 7.33. The van der Waals surface area contributed by atoms with E-state index >= 15 is 0 Å². The van der Waals surface area contributed by atoms with Crippen LogP contribution < -0.4 is 10.1 Å². The Hall–Kier alpha value is -1.56. The molecule has 0 aliphatic carbocycles. The van der Waals surface area contributed by atoms with Crippen LogP contribution in [0.3, 0.4) is 0 Å². The van der Waals surface area contributed by atoms with Crippen molar-refractivity contribution in [2.75, 3.05) is 12.4 Å². The van der Waals surface area contributed by atoms with Crippen molar-refractivity contribution in [1.29, 1.82) is 0 Å². The summed E-state index contributed by atoms with van der Waals surface area (Å²) in [5, 5.41) is 2.46. The molecule has 1 unspecified atom stereocenters. The van der Waals surface area contributed by atoms with Gasteiger partial charge in [0.2, 0.25) is 5.91 Å². The highest BCUT2D eigenvalue weighted by Crippen LogP contribution is 2.31. The van der Waals surface area contributed by atoms with Crippen LogP contribution >= 0.6 is 0 Å². The van der Waals surface area contributed by atoms with Gasteiger partial charge in [0.1, 0.15) is 5.75 Å². The zero-order valence-electron chi connectivity index (χ0n) is 16.7. The van der Waals surface area contributed by atoms with Gasteiger partial charge in [-0.25, -0.2) is 8.42 Å². The lowest BCUT2D eigenvalue weighted by molar-refractivity contribution is -0.120. The molecule has 1 aromatic carbocycles. The largest absolute Gasteiger partial charge is 0.495 e. The van der Waals surface area contributed by atoms with Gasteiger partial charge in [0.15, 0.2) is 9.84 Å². The maximum Gasteiger partial charge on any atom is 0.227 e. The molecular formula is C20H33NO4S. The number of carbonyl (C=O) groups excluding carboxylic acids is 1. The van der Waals surface area contributed by atoms with Gasteiger partial charge in [0, 0.05) is 5.92 Å². The predicted molar refractivity (Wildman–Crippen MR) is 106 cm³/mol. The Morgan fingerprint density at radius 3 is 2.27 bits per heavy atom. The first-order valence-electron chi connectivity index (χ1n) is 9.58. The number of benzene rings is 1. The van der Waals surface area contributed by atoms with E-state index < -0.39 is 15.1 Å². The third-order valence-electron chi connectivity index (χ3n) is 4.88. The van der Waals surface area contributed by atoms with Gasteiger partial charge < -0.3 is 10.1 Å². The molecule has 0 radical (unpaired) electrons. The van der Waals surface area contributed by atoms with Crippen molar-refractivity contribution in [1.82, 2.24) is 0 Å². The molecule has 0 aliphatic rings. The summed E-state index contributed by atoms with van der Waals surface area (Å²) in [6, 6.07) is 4.69. The molecule has 6 heteroatoms. The van der Waals surface area contributed by atoms with Gasteiger partial charge in [-0.15, -0.1) is 0 Å². The number of hydrogen-bond acceptors (Lipinski definition) is 4. The number of carbonyl (C=O) groups is 1. The van der Waals surface area contributed by atoms with Crippen molar-refractivity contribution in [3.05, 3.63) is 18.2 Å². The lowest BCUT2D eigenvalue weighted by Gasteiger charge is -2.18. The van der Waals surface area contributed by atoms with Gasteiger partial charge in [-0.1, -0.05) is 40.5 Å². The first-order valence-corrected chi connectivity index (χ1v) is 11.1. The lowest BCUT2D eigenvalue weighted by atomic mass is 9.98. The van der Waals surface area contributed by atoms with Crippen molar-refractivity contribution >= 4 is 21.4 Å². The lowest BCUT2D eigenvalue weighted by Crippen LogP contribution is -2.23. The summed E-state index contributed by atoms with van der Waals surface area (Å²) in [6.45, 7) is 7.83. The van der Waals surface area contributed by atoms with E-state index in [0.29, 0.717) is 24.3 Å². The van der Waals surface area contributed by atoms with Crippen LogP contribution in [-0.2, 0) is 14.6 Å². The van der Waals surface area contributed by atoms with Crippen LogP contribution in [0.1, 0.15) is 66.2 Å². The number of ether oxygens (including phenoxy) is 1. The maximum atomic E-state index is 12.8. The molecule has 26 heavy (non-hydrogen) atoms. The Bertz CT molecular complexity index is 681. The average Bonchev–Trinajstić information content (AvgIpc) is 2.63. The summed E-state index contributed by atoms with van der Waals surface area (Å²) < 4.78 is 30.9. The van der Waals surface area contributed by atoms with E-state index in [1.54, 1.807) is 12.1 Å². The summed E-state index contributed by atoms with van der Waals surface area (Å²) >= 11 is 0. The van der Waals surface area contributed by atoms with Crippen molar-refractivity contribution in [2.45, 2.75) is 76.4 Å². The SMILES string of the molecule is CCCCC(CC)C(=O)Nc1cc(S(=O)(=O)C(CC)CC)ccc1OC. The van der Waals surface area contributed by atoms with E-state index in [1.165, 1.54) is 13.2 Å². The third kappa shape index (κ3) is 5.47. The van der Waals surface area contributed by atoms with Gasteiger partial charge in [-0.05, 0) is 43.9 Å². The van der Waals surface area contributed by atoms with Crippen molar-refractivity contribution in [2.24, 2.45) is 5.92 Å². The Labute approximate surface area is 158 Å². The van der Waals surface area contributed by atoms with Crippen LogP contribution in [0.15, 0.2) is 23.1 Å². The highest BCUT2D eigenvalue weighted by atomic mass is 32.2. The summed E-state index contributed by atoms with van der Waals surface area (Å²) in [7, 11) is -1.92. The molecule has 0 fully saturated rings. The van der Waals surface area contributed by atoms with Crippen LogP contribution in [0.4, 0.5) is 5.69 Å². The van der Waals surface area contributed by atoms with E-state index in [-0.39, 0.29) is 16.7 Å². The Balaban J connectivity index is 3.16. The standard InChI is InChI=1S/C20H33NO4S/c1-6-10-11-15(7-2)20(22)21-18-14-17(12-13-19(18)25-5)26(23,24)16(8-3)9-4/h12-16H,6-11H2,1-5H3,(H,21,22). The molecule has 1 aromatic rings. The van der Waals surface area contributed by atoms with E-state index in [9.17, 15) is 13.2 Å². The van der Waals surface area contributed by atoms with Crippen molar-refractivity contribution in [3.8, 4) is 5.75 Å². The second kappa shape index (κ2) is 10.6. The topological polar surface area (TPSA) is 72.5 Å². The molecule has 1 atom stereocenters. The van der Waals surface area contributed by atoms with E-state index in [0.717, 1.165) is 25.7 Å². The Morgan fingerprint density at radius 1 is 1.12 bits per heavy atom. The van der Waals surface area contributed by atoms with Gasteiger partial charge in [0.05, 0.1) is 22.9 Å². The molecule has 1 rings (SSSR count). The number of nitrogens with one attached hydrogen (secondary N) is 1. The number of methoxy groups -OCH3 is 1. The Morgan fingerprint density at radius 2 is 1.77 bits per heavy atom. The monoisotopic (exact) mass is 383 g/mol. The molecule has 0 saturated heterocycles. The number of unbranched alkanes of at least 4 members (excludes halogenated alkanes) is 1. The molecule has 0 saturated carbocycles. The molecule has 0 spiro atoms. The minimum absolute atomic E-state index is 0.0843. The minimum Gasteiger partial charge on any atom is -0.495 e. The molecule has 0 aliphatic heterocycles. The quantitative estimate of drug-likeness (QED) is 0.595. The normalized spacial score (nSPS) is 12.8. The minimum atomic E-state index is -3.43. The summed E-state index contributed by atoms with van der Waals surface area (Å²) in [4.78, 5) is 12.8. The smallest absolute Gasteiger partial charge is 0.227 e. The number of anilines is 1. The second-order valence-electron chi connectivity index (χ2n) is 6.58. The first kappa shape index (κ1) is 22.5. The second-order valence-corrected chi connectivity index (χ2v) is 8.81. The summed E-state index contributed by atoms with van der Waals surface area (Å²) in [6.07, 6.45) is 4.72. The number of amides is 1. The van der Waals surface area contributed by atoms with Gasteiger partial charge >= 0.3 is 0 Å². The van der Waals surface area contributed by atoms with Crippen LogP contribution in [0.25, 0.3) is 0 Å². The maximum absolute atomic E-state index is 12.8. The summed E-state index contributed by atoms with van der Waals surface area (Å²) in [5.74, 6) is 0.294. The fraction of sp³-hybridized carbons (Fsp3) is 0.650. The number of sulfone groups is 1. The fourth-order valence-electron chi connectivity index (χ4n) is 3.09. The molecule has 1 N–H and O–H groups in total. The molecule has 5 nitrogen and oxygen atoms in total. The van der Waals surface area contributed by atoms with Crippen molar-refractivity contribution < 1.29 is 17.9 Å². The van der Waals surface area contributed by atoms with Crippen LogP contribution in [-0.4, -0.2) is 26.7 Å². The van der Waals surface area contributed by atoms with Crippen LogP contribution in [0, 0.1) is 5.92 Å². The van der Waals surface area contributed by atoms with Gasteiger partial charge in [0.25, 0.3) is 0 Å². The first-order chi connectivity index (χ1) is 12.3. The van der Waals surface area contributed by atoms with Crippen LogP contribution in [0.2, 0.25) is 0 Å². The highest BCUT2D eigenvalue weighted by molar-refractivity contribution is 7.92. The Kier molecular flexibility index (Phi) is 9.13. The van der Waals surface area contributed by atoms with E-state index in [2.05, 4.69) is 12.2 Å². The molecule has 148 valence electrons. The zero-order chi connectivity index (χ0) is 19.7. The van der Waals surface area contributed by atoms with E-state index in [4.69, 9.17) is 4.74 Å². The number of rotatable bonds is 11. The highest BCUT2D eigenvalue weighted by Gasteiger charge is 2.26. The zero-order valence-corrected chi connectivity index (χ0v) is 17.5. The molecule has 0 aromatic heterocycles. The fourth-order valence-corrected chi connectivity index (χ4v) is 4.89. The van der Waals surface area contributed by atoms with Gasteiger partial charge in [-0.2, -0.15) is 0 Å². The molecule has 0 heterocycles. The van der Waals surface area contributed by atoms with E-state index in [1.807, 2.05) is 20.8 Å². The number of hydrogen-bond donors (Lipinski definition) is 1. The summed E-state index contributed by atoms with van der Waals surface area (Å²) in [5.41, 5.74) is 0.416. The molecule has 1 amide bonds. The van der Waals surface area contributed by atoms with Gasteiger partial charge in [-0.3, -0.25) is 4.79 Å².